The van der Waals surface area contributed by atoms with Crippen molar-refractivity contribution in [2.75, 3.05) is 25.7 Å². The summed E-state index contributed by atoms with van der Waals surface area (Å²) < 4.78 is 34.8. The van der Waals surface area contributed by atoms with Gasteiger partial charge in [0.15, 0.2) is 9.84 Å². The first kappa shape index (κ1) is 17.0. The molecule has 2 rings (SSSR count). The van der Waals surface area contributed by atoms with Crippen LogP contribution in [-0.2, 0) is 21.3 Å². The van der Waals surface area contributed by atoms with E-state index >= 15 is 0 Å². The van der Waals surface area contributed by atoms with E-state index in [2.05, 4.69) is 0 Å². The second kappa shape index (κ2) is 6.78. The number of rotatable bonds is 6. The van der Waals surface area contributed by atoms with Gasteiger partial charge in [-0.25, -0.2) is 8.42 Å². The fraction of sp³-hybridized carbons (Fsp3) is 0.250. The van der Waals surface area contributed by atoms with Crippen LogP contribution in [0.5, 0.6) is 11.5 Å². The maximum atomic E-state index is 12.4. The normalized spacial score (nSPS) is 11.2. The van der Waals surface area contributed by atoms with Crippen LogP contribution in [0.1, 0.15) is 11.1 Å². The van der Waals surface area contributed by atoms with Crippen LogP contribution in [0.15, 0.2) is 36.4 Å². The molecular formula is C16H20N2O4S. The molecular weight excluding hydrogens is 316 g/mol. The van der Waals surface area contributed by atoms with E-state index in [4.69, 9.17) is 20.9 Å². The maximum absolute atomic E-state index is 12.4. The lowest BCUT2D eigenvalue weighted by molar-refractivity contribution is 0.417. The minimum absolute atomic E-state index is 0.104. The summed E-state index contributed by atoms with van der Waals surface area (Å²) in [4.78, 5) is 0. The fourth-order valence-corrected chi connectivity index (χ4v) is 3.78. The van der Waals surface area contributed by atoms with Crippen LogP contribution >= 0.6 is 0 Å². The van der Waals surface area contributed by atoms with Gasteiger partial charge in [-0.2, -0.15) is 0 Å². The van der Waals surface area contributed by atoms with E-state index < -0.39 is 9.84 Å². The van der Waals surface area contributed by atoms with Gasteiger partial charge in [0, 0.05) is 0 Å². The predicted octanol–water partition coefficient (Wildman–Crippen LogP) is 1.98. The number of ether oxygens (including phenoxy) is 2. The van der Waals surface area contributed by atoms with E-state index in [0.29, 0.717) is 34.0 Å². The fourth-order valence-electron chi connectivity index (χ4n) is 2.31. The standard InChI is InChI=1S/C16H20N2O4S/c1-21-15-5-3-11(7-13(15)17)9-23(19,20)10-12-4-6-16(22-2)14(18)8-12/h3-8H,9-10,17-18H2,1-2H3. The molecule has 4 N–H and O–H groups in total. The Morgan fingerprint density at radius 3 is 1.52 bits per heavy atom. The minimum Gasteiger partial charge on any atom is -0.495 e. The van der Waals surface area contributed by atoms with Crippen LogP contribution < -0.4 is 20.9 Å². The summed E-state index contributed by atoms with van der Waals surface area (Å²) in [6.07, 6.45) is 0. The smallest absolute Gasteiger partial charge is 0.158 e. The summed E-state index contributed by atoms with van der Waals surface area (Å²) in [5.74, 6) is 0.837. The second-order valence-corrected chi connectivity index (χ2v) is 7.25. The van der Waals surface area contributed by atoms with Crippen LogP contribution in [0.2, 0.25) is 0 Å². The quantitative estimate of drug-likeness (QED) is 0.782. The Hall–Kier alpha value is -2.41. The molecule has 0 aliphatic rings. The van der Waals surface area contributed by atoms with E-state index in [1.165, 1.54) is 14.2 Å². The molecule has 0 heterocycles. The molecule has 23 heavy (non-hydrogen) atoms. The molecule has 0 unspecified atom stereocenters. The number of sulfone groups is 1. The molecule has 6 nitrogen and oxygen atoms in total. The highest BCUT2D eigenvalue weighted by atomic mass is 32.2. The zero-order chi connectivity index (χ0) is 17.0. The number of nitrogen functional groups attached to an aromatic ring is 2. The number of hydrogen-bond donors (Lipinski definition) is 2. The van der Waals surface area contributed by atoms with Crippen LogP contribution in [0.4, 0.5) is 11.4 Å². The number of nitrogens with two attached hydrogens (primary N) is 2. The van der Waals surface area contributed by atoms with Crippen molar-refractivity contribution in [1.29, 1.82) is 0 Å². The van der Waals surface area contributed by atoms with Crippen LogP contribution in [0.25, 0.3) is 0 Å². The van der Waals surface area contributed by atoms with Gasteiger partial charge in [0.1, 0.15) is 11.5 Å². The van der Waals surface area contributed by atoms with Crippen molar-refractivity contribution in [2.45, 2.75) is 11.5 Å². The lowest BCUT2D eigenvalue weighted by atomic mass is 10.2. The first-order valence-corrected chi connectivity index (χ1v) is 8.72. The van der Waals surface area contributed by atoms with Crippen LogP contribution in [-0.4, -0.2) is 22.6 Å². The topological polar surface area (TPSA) is 105 Å². The molecule has 0 saturated carbocycles. The van der Waals surface area contributed by atoms with Crippen molar-refractivity contribution in [3.05, 3.63) is 47.5 Å². The summed E-state index contributed by atoms with van der Waals surface area (Å²) >= 11 is 0. The maximum Gasteiger partial charge on any atom is 0.158 e. The molecule has 0 aromatic heterocycles. The monoisotopic (exact) mass is 336 g/mol. The highest BCUT2D eigenvalue weighted by Gasteiger charge is 2.15. The highest BCUT2D eigenvalue weighted by Crippen LogP contribution is 2.25. The zero-order valence-electron chi connectivity index (χ0n) is 13.1. The number of methoxy groups -OCH3 is 2. The molecule has 0 amide bonds. The Morgan fingerprint density at radius 1 is 0.826 bits per heavy atom. The third-order valence-electron chi connectivity index (χ3n) is 3.36. The Labute approximate surface area is 135 Å². The third-order valence-corrected chi connectivity index (χ3v) is 4.91. The van der Waals surface area contributed by atoms with E-state index in [1.807, 2.05) is 0 Å². The lowest BCUT2D eigenvalue weighted by Gasteiger charge is -2.10. The Balaban J connectivity index is 2.16. The Morgan fingerprint density at radius 2 is 1.22 bits per heavy atom. The van der Waals surface area contributed by atoms with Gasteiger partial charge < -0.3 is 20.9 Å². The highest BCUT2D eigenvalue weighted by molar-refractivity contribution is 7.89. The minimum atomic E-state index is -3.35. The molecule has 0 bridgehead atoms. The average molecular weight is 336 g/mol. The van der Waals surface area contributed by atoms with Crippen molar-refractivity contribution in [3.8, 4) is 11.5 Å². The van der Waals surface area contributed by atoms with E-state index in [-0.39, 0.29) is 11.5 Å². The summed E-state index contributed by atoms with van der Waals surface area (Å²) in [6.45, 7) is 0. The molecule has 0 radical (unpaired) electrons. The Bertz CT molecular complexity index is 742. The van der Waals surface area contributed by atoms with Gasteiger partial charge in [-0.1, -0.05) is 12.1 Å². The van der Waals surface area contributed by atoms with Gasteiger partial charge in [-0.05, 0) is 35.4 Å². The molecule has 2 aromatic carbocycles. The second-order valence-electron chi connectivity index (χ2n) is 5.18. The lowest BCUT2D eigenvalue weighted by Crippen LogP contribution is -2.08. The summed E-state index contributed by atoms with van der Waals surface area (Å²) in [5.41, 5.74) is 13.7. The van der Waals surface area contributed by atoms with Crippen molar-refractivity contribution >= 4 is 21.2 Å². The summed E-state index contributed by atoms with van der Waals surface area (Å²) in [5, 5.41) is 0. The molecule has 124 valence electrons. The van der Waals surface area contributed by atoms with E-state index in [9.17, 15) is 8.42 Å². The molecule has 0 aliphatic heterocycles. The van der Waals surface area contributed by atoms with Gasteiger partial charge in [-0.3, -0.25) is 0 Å². The van der Waals surface area contributed by atoms with Gasteiger partial charge in [0.2, 0.25) is 0 Å². The predicted molar refractivity (Wildman–Crippen MR) is 91.1 cm³/mol. The van der Waals surface area contributed by atoms with Crippen molar-refractivity contribution in [3.63, 3.8) is 0 Å². The first-order chi connectivity index (χ1) is 10.8. The van der Waals surface area contributed by atoms with Crippen molar-refractivity contribution in [1.82, 2.24) is 0 Å². The van der Waals surface area contributed by atoms with Crippen molar-refractivity contribution in [2.24, 2.45) is 0 Å². The number of benzene rings is 2. The van der Waals surface area contributed by atoms with Gasteiger partial charge in [0.25, 0.3) is 0 Å². The molecule has 0 atom stereocenters. The van der Waals surface area contributed by atoms with Gasteiger partial charge in [0.05, 0.1) is 37.1 Å². The molecule has 0 fully saturated rings. The first-order valence-electron chi connectivity index (χ1n) is 6.90. The van der Waals surface area contributed by atoms with Crippen LogP contribution in [0, 0.1) is 0 Å². The third kappa shape index (κ3) is 4.29. The molecule has 7 heteroatoms. The summed E-state index contributed by atoms with van der Waals surface area (Å²) in [6, 6.07) is 9.92. The molecule has 0 aliphatic carbocycles. The van der Waals surface area contributed by atoms with Crippen molar-refractivity contribution < 1.29 is 17.9 Å². The Kier molecular flexibility index (Phi) is 5.00. The SMILES string of the molecule is COc1ccc(CS(=O)(=O)Cc2ccc(OC)c(N)c2)cc1N. The van der Waals surface area contributed by atoms with Gasteiger partial charge >= 0.3 is 0 Å². The van der Waals surface area contributed by atoms with Gasteiger partial charge in [-0.15, -0.1) is 0 Å². The van der Waals surface area contributed by atoms with Crippen LogP contribution in [0.3, 0.4) is 0 Å². The largest absolute Gasteiger partial charge is 0.495 e. The molecule has 0 saturated heterocycles. The zero-order valence-corrected chi connectivity index (χ0v) is 13.9. The summed E-state index contributed by atoms with van der Waals surface area (Å²) in [7, 11) is -0.333. The molecule has 2 aromatic rings. The average Bonchev–Trinajstić information content (AvgIpc) is 2.46. The van der Waals surface area contributed by atoms with E-state index in [0.717, 1.165) is 0 Å². The number of anilines is 2. The van der Waals surface area contributed by atoms with E-state index in [1.54, 1.807) is 36.4 Å². The molecule has 0 spiro atoms. The number of hydrogen-bond acceptors (Lipinski definition) is 6.